The highest BCUT2D eigenvalue weighted by atomic mass is 15.1. The molecule has 0 aliphatic heterocycles. The van der Waals surface area contributed by atoms with Crippen LogP contribution < -0.4 is 11.5 Å². The van der Waals surface area contributed by atoms with Crippen molar-refractivity contribution < 1.29 is 0 Å². The van der Waals surface area contributed by atoms with Crippen LogP contribution in [0.5, 0.6) is 0 Å². The van der Waals surface area contributed by atoms with Crippen molar-refractivity contribution in [1.82, 2.24) is 0 Å². The smallest absolute Gasteiger partial charge is 0.244 e. The van der Waals surface area contributed by atoms with Crippen LogP contribution in [0.1, 0.15) is 5.56 Å². The lowest BCUT2D eigenvalue weighted by Crippen LogP contribution is -2.23. The van der Waals surface area contributed by atoms with E-state index in [1.54, 1.807) is 6.21 Å². The first-order valence-corrected chi connectivity index (χ1v) is 4.43. The van der Waals surface area contributed by atoms with E-state index in [4.69, 9.17) is 16.9 Å². The average Bonchev–Trinajstić information content (AvgIpc) is 2.18. The fourth-order valence-corrected chi connectivity index (χ4v) is 1.00. The second-order valence-electron chi connectivity index (χ2n) is 2.86. The summed E-state index contributed by atoms with van der Waals surface area (Å²) in [5, 5.41) is 7.24. The van der Waals surface area contributed by atoms with Gasteiger partial charge in [-0.2, -0.15) is 4.99 Å². The second kappa shape index (κ2) is 5.54. The average molecular weight is 203 g/mol. The number of hydrogen-bond donors (Lipinski definition) is 3. The molecule has 0 bridgehead atoms. The van der Waals surface area contributed by atoms with Gasteiger partial charge in [0.15, 0.2) is 5.96 Å². The van der Waals surface area contributed by atoms with Crippen molar-refractivity contribution in [3.8, 4) is 0 Å². The van der Waals surface area contributed by atoms with Gasteiger partial charge in [0, 0.05) is 12.6 Å². The quantitative estimate of drug-likeness (QED) is 0.481. The zero-order valence-corrected chi connectivity index (χ0v) is 8.22. The number of benzene rings is 1. The number of guanidine groups is 2. The van der Waals surface area contributed by atoms with Gasteiger partial charge in [-0.1, -0.05) is 30.3 Å². The lowest BCUT2D eigenvalue weighted by Gasteiger charge is -1.93. The predicted molar refractivity (Wildman–Crippen MR) is 62.2 cm³/mol. The molecule has 1 aromatic carbocycles. The van der Waals surface area contributed by atoms with Crippen LogP contribution in [0.3, 0.4) is 0 Å². The molecule has 0 unspecified atom stereocenters. The summed E-state index contributed by atoms with van der Waals surface area (Å²) in [6.07, 6.45) is 2.26. The number of nitrogens with zero attached hydrogens (tertiary/aromatic N) is 2. The molecule has 15 heavy (non-hydrogen) atoms. The summed E-state index contributed by atoms with van der Waals surface area (Å²) in [4.78, 5) is 7.24. The van der Waals surface area contributed by atoms with Crippen LogP contribution in [-0.2, 0) is 6.42 Å². The summed E-state index contributed by atoms with van der Waals surface area (Å²) in [7, 11) is 0. The van der Waals surface area contributed by atoms with Crippen LogP contribution in [-0.4, -0.2) is 18.1 Å². The zero-order chi connectivity index (χ0) is 11.1. The van der Waals surface area contributed by atoms with Gasteiger partial charge in [-0.3, -0.25) is 5.41 Å². The molecule has 5 N–H and O–H groups in total. The molecular formula is C10H13N5. The molecular weight excluding hydrogens is 190 g/mol. The minimum Gasteiger partial charge on any atom is -0.370 e. The Labute approximate surface area is 88.0 Å². The van der Waals surface area contributed by atoms with E-state index in [2.05, 4.69) is 9.98 Å². The third-order valence-electron chi connectivity index (χ3n) is 1.62. The van der Waals surface area contributed by atoms with Gasteiger partial charge in [0.2, 0.25) is 5.96 Å². The van der Waals surface area contributed by atoms with Crippen molar-refractivity contribution in [3.63, 3.8) is 0 Å². The molecule has 0 saturated heterocycles. The van der Waals surface area contributed by atoms with Crippen molar-refractivity contribution in [3.05, 3.63) is 35.9 Å². The Balaban J connectivity index is 2.47. The van der Waals surface area contributed by atoms with Crippen LogP contribution in [0, 0.1) is 5.41 Å². The topological polar surface area (TPSA) is 101 Å². The lowest BCUT2D eigenvalue weighted by atomic mass is 10.2. The predicted octanol–water partition coefficient (Wildman–Crippen LogP) is 0.508. The van der Waals surface area contributed by atoms with E-state index in [-0.39, 0.29) is 11.9 Å². The highest BCUT2D eigenvalue weighted by molar-refractivity contribution is 5.95. The maximum atomic E-state index is 7.24. The second-order valence-corrected chi connectivity index (χ2v) is 2.86. The van der Waals surface area contributed by atoms with Crippen molar-refractivity contribution in [2.24, 2.45) is 21.5 Å². The van der Waals surface area contributed by atoms with Gasteiger partial charge in [-0.15, -0.1) is 0 Å². The van der Waals surface area contributed by atoms with Gasteiger partial charge < -0.3 is 11.5 Å². The standard InChI is InChI=1S/C10H13N5/c11-9(12)15-10(13)14-7-6-8-4-2-1-3-5-8/h1-5,7H,6H2,(H5,11,12,13,15). The van der Waals surface area contributed by atoms with Crippen molar-refractivity contribution in [2.45, 2.75) is 6.42 Å². The molecule has 0 heterocycles. The third kappa shape index (κ3) is 4.56. The highest BCUT2D eigenvalue weighted by Crippen LogP contribution is 1.97. The largest absolute Gasteiger partial charge is 0.370 e. The Morgan fingerprint density at radius 2 is 1.93 bits per heavy atom. The monoisotopic (exact) mass is 203 g/mol. The molecule has 0 aliphatic carbocycles. The normalized spacial score (nSPS) is 10.1. The van der Waals surface area contributed by atoms with Crippen LogP contribution in [0.15, 0.2) is 40.3 Å². The van der Waals surface area contributed by atoms with Crippen molar-refractivity contribution in [1.29, 1.82) is 5.41 Å². The SMILES string of the molecule is N=C(N=CCc1ccccc1)N=C(N)N. The molecule has 0 aliphatic rings. The number of aliphatic imine (C=N–C) groups is 2. The van der Waals surface area contributed by atoms with E-state index < -0.39 is 0 Å². The van der Waals surface area contributed by atoms with Crippen LogP contribution >= 0.6 is 0 Å². The Morgan fingerprint density at radius 3 is 2.53 bits per heavy atom. The number of nitrogens with one attached hydrogen (secondary N) is 1. The molecule has 0 fully saturated rings. The fraction of sp³-hybridized carbons (Fsp3) is 0.100. The molecule has 1 rings (SSSR count). The Hall–Kier alpha value is -2.17. The van der Waals surface area contributed by atoms with Gasteiger partial charge in [-0.05, 0) is 5.56 Å². The summed E-state index contributed by atoms with van der Waals surface area (Å²) in [6, 6.07) is 9.81. The molecule has 5 heteroatoms. The van der Waals surface area contributed by atoms with Gasteiger partial charge in [0.05, 0.1) is 0 Å². The van der Waals surface area contributed by atoms with Gasteiger partial charge in [0.25, 0.3) is 0 Å². The lowest BCUT2D eigenvalue weighted by molar-refractivity contribution is 1.31. The summed E-state index contributed by atoms with van der Waals surface area (Å²) in [6.45, 7) is 0. The number of hydrogen-bond acceptors (Lipinski definition) is 1. The first-order valence-electron chi connectivity index (χ1n) is 4.43. The first-order chi connectivity index (χ1) is 7.18. The third-order valence-corrected chi connectivity index (χ3v) is 1.62. The van der Waals surface area contributed by atoms with Crippen LogP contribution in [0.2, 0.25) is 0 Å². The van der Waals surface area contributed by atoms with E-state index in [1.165, 1.54) is 0 Å². The molecule has 0 spiro atoms. The molecule has 0 amide bonds. The van der Waals surface area contributed by atoms with Gasteiger partial charge >= 0.3 is 0 Å². The summed E-state index contributed by atoms with van der Waals surface area (Å²) in [5.74, 6) is -0.345. The molecule has 5 nitrogen and oxygen atoms in total. The molecule has 0 radical (unpaired) electrons. The zero-order valence-electron chi connectivity index (χ0n) is 8.22. The molecule has 0 aromatic heterocycles. The van der Waals surface area contributed by atoms with E-state index in [1.807, 2.05) is 30.3 Å². The molecule has 0 atom stereocenters. The van der Waals surface area contributed by atoms with E-state index in [0.29, 0.717) is 6.42 Å². The first kappa shape index (κ1) is 10.9. The molecule has 78 valence electrons. The maximum Gasteiger partial charge on any atom is 0.244 e. The summed E-state index contributed by atoms with van der Waals surface area (Å²) >= 11 is 0. The molecule has 1 aromatic rings. The fourth-order valence-electron chi connectivity index (χ4n) is 1.00. The minimum atomic E-state index is -0.189. The Bertz CT molecular complexity index is 376. The summed E-state index contributed by atoms with van der Waals surface area (Å²) in [5.41, 5.74) is 11.3. The van der Waals surface area contributed by atoms with Crippen LogP contribution in [0.4, 0.5) is 0 Å². The van der Waals surface area contributed by atoms with Gasteiger partial charge in [-0.25, -0.2) is 4.99 Å². The Morgan fingerprint density at radius 1 is 1.27 bits per heavy atom. The maximum absolute atomic E-state index is 7.24. The highest BCUT2D eigenvalue weighted by Gasteiger charge is 1.89. The van der Waals surface area contributed by atoms with E-state index >= 15 is 0 Å². The van der Waals surface area contributed by atoms with Crippen molar-refractivity contribution in [2.75, 3.05) is 0 Å². The van der Waals surface area contributed by atoms with Gasteiger partial charge in [0.1, 0.15) is 0 Å². The number of nitrogens with two attached hydrogens (primary N) is 2. The van der Waals surface area contributed by atoms with E-state index in [0.717, 1.165) is 5.56 Å². The number of rotatable bonds is 2. The Kier molecular flexibility index (Phi) is 4.03. The van der Waals surface area contributed by atoms with Crippen molar-refractivity contribution >= 4 is 18.1 Å². The minimum absolute atomic E-state index is 0.156. The van der Waals surface area contributed by atoms with Crippen LogP contribution in [0.25, 0.3) is 0 Å². The van der Waals surface area contributed by atoms with E-state index in [9.17, 15) is 0 Å². The molecule has 0 saturated carbocycles. The summed E-state index contributed by atoms with van der Waals surface area (Å²) < 4.78 is 0.